The molecule has 0 amide bonds. The van der Waals surface area contributed by atoms with Crippen molar-refractivity contribution in [1.29, 1.82) is 0 Å². The molecular weight excluding hydrogens is 235 g/mol. The Hall–Kier alpha value is -1.33. The molecule has 2 rings (SSSR count). The van der Waals surface area contributed by atoms with Crippen LogP contribution < -0.4 is 10.5 Å². The van der Waals surface area contributed by atoms with E-state index in [4.69, 9.17) is 15.2 Å². The molecular formula is C13H19FN2O2. The van der Waals surface area contributed by atoms with E-state index >= 15 is 0 Å². The van der Waals surface area contributed by atoms with Gasteiger partial charge in [-0.3, -0.25) is 0 Å². The number of nitrogen functional groups attached to an aromatic ring is 1. The van der Waals surface area contributed by atoms with E-state index in [1.807, 2.05) is 14.0 Å². The summed E-state index contributed by atoms with van der Waals surface area (Å²) >= 11 is 0. The number of nitrogens with zero attached hydrogens (tertiary/aromatic N) is 1. The second-order valence-electron chi connectivity index (χ2n) is 4.71. The van der Waals surface area contributed by atoms with Gasteiger partial charge < -0.3 is 20.1 Å². The molecule has 1 heterocycles. The number of anilines is 1. The minimum atomic E-state index is -0.428. The topological polar surface area (TPSA) is 47.7 Å². The minimum Gasteiger partial charge on any atom is -0.488 e. The summed E-state index contributed by atoms with van der Waals surface area (Å²) < 4.78 is 24.6. The quantitative estimate of drug-likeness (QED) is 0.829. The third-order valence-corrected chi connectivity index (χ3v) is 3.09. The average molecular weight is 254 g/mol. The zero-order valence-electron chi connectivity index (χ0n) is 10.8. The van der Waals surface area contributed by atoms with Gasteiger partial charge in [0.15, 0.2) is 11.6 Å². The van der Waals surface area contributed by atoms with Gasteiger partial charge in [0.05, 0.1) is 6.61 Å². The lowest BCUT2D eigenvalue weighted by Crippen LogP contribution is -2.42. The highest BCUT2D eigenvalue weighted by Crippen LogP contribution is 2.23. The first kappa shape index (κ1) is 13.1. The molecule has 0 aromatic heterocycles. The van der Waals surface area contributed by atoms with Crippen LogP contribution in [0.15, 0.2) is 12.1 Å². The van der Waals surface area contributed by atoms with E-state index in [1.165, 1.54) is 6.07 Å². The minimum absolute atomic E-state index is 0.0130. The van der Waals surface area contributed by atoms with Crippen molar-refractivity contribution in [1.82, 2.24) is 4.90 Å². The highest BCUT2D eigenvalue weighted by molar-refractivity contribution is 5.50. The lowest BCUT2D eigenvalue weighted by molar-refractivity contribution is -0.0408. The Morgan fingerprint density at radius 3 is 3.06 bits per heavy atom. The highest BCUT2D eigenvalue weighted by Gasteiger charge is 2.19. The normalized spacial score (nSPS) is 20.9. The molecule has 0 bridgehead atoms. The Kier molecular flexibility index (Phi) is 4.04. The Morgan fingerprint density at radius 1 is 1.56 bits per heavy atom. The molecule has 2 N–H and O–H groups in total. The maximum Gasteiger partial charge on any atom is 0.167 e. The van der Waals surface area contributed by atoms with Crippen LogP contribution in [0.1, 0.15) is 5.56 Å². The van der Waals surface area contributed by atoms with Crippen LogP contribution in [0.4, 0.5) is 10.1 Å². The molecule has 0 radical (unpaired) electrons. The van der Waals surface area contributed by atoms with Gasteiger partial charge in [-0.15, -0.1) is 0 Å². The molecule has 0 spiro atoms. The number of likely N-dealkylation sites (N-methyl/N-ethyl adjacent to an activating group) is 1. The standard InChI is InChI=1S/C13H19FN2O2/c1-9-5-13(11(14)6-12(9)15)18-8-10-7-16(2)3-4-17-10/h5-6,10H,3-4,7-8,15H2,1-2H3. The molecule has 1 unspecified atom stereocenters. The number of aryl methyl sites for hydroxylation is 1. The molecule has 1 saturated heterocycles. The van der Waals surface area contributed by atoms with Crippen molar-refractivity contribution in [2.75, 3.05) is 39.1 Å². The highest BCUT2D eigenvalue weighted by atomic mass is 19.1. The first-order chi connectivity index (χ1) is 8.56. The van der Waals surface area contributed by atoms with E-state index in [2.05, 4.69) is 4.90 Å². The van der Waals surface area contributed by atoms with Crippen molar-refractivity contribution >= 4 is 5.69 Å². The van der Waals surface area contributed by atoms with E-state index in [0.717, 1.165) is 18.7 Å². The summed E-state index contributed by atoms with van der Waals surface area (Å²) in [6.07, 6.45) is -0.0130. The summed E-state index contributed by atoms with van der Waals surface area (Å²) in [5.74, 6) is -0.194. The summed E-state index contributed by atoms with van der Waals surface area (Å²) in [6, 6.07) is 2.91. The Labute approximate surface area is 106 Å². The molecule has 1 aromatic rings. The predicted molar refractivity (Wildman–Crippen MR) is 68.3 cm³/mol. The summed E-state index contributed by atoms with van der Waals surface area (Å²) in [7, 11) is 2.03. The van der Waals surface area contributed by atoms with Crippen molar-refractivity contribution in [2.24, 2.45) is 0 Å². The van der Waals surface area contributed by atoms with Gasteiger partial charge in [-0.25, -0.2) is 4.39 Å². The first-order valence-electron chi connectivity index (χ1n) is 6.05. The summed E-state index contributed by atoms with van der Waals surface area (Å²) in [4.78, 5) is 2.17. The van der Waals surface area contributed by atoms with Gasteiger partial charge in [0.2, 0.25) is 0 Å². The zero-order valence-corrected chi connectivity index (χ0v) is 10.8. The van der Waals surface area contributed by atoms with Gasteiger partial charge in [0.25, 0.3) is 0 Å². The third-order valence-electron chi connectivity index (χ3n) is 3.09. The second-order valence-corrected chi connectivity index (χ2v) is 4.71. The Balaban J connectivity index is 1.95. The van der Waals surface area contributed by atoms with Crippen LogP contribution in [0, 0.1) is 12.7 Å². The van der Waals surface area contributed by atoms with Crippen molar-refractivity contribution in [2.45, 2.75) is 13.0 Å². The first-order valence-corrected chi connectivity index (χ1v) is 6.05. The van der Waals surface area contributed by atoms with Crippen LogP contribution in [0.3, 0.4) is 0 Å². The van der Waals surface area contributed by atoms with E-state index in [-0.39, 0.29) is 11.9 Å². The van der Waals surface area contributed by atoms with Gasteiger partial charge in [0.1, 0.15) is 12.7 Å². The predicted octanol–water partition coefficient (Wildman–Crippen LogP) is 1.43. The van der Waals surface area contributed by atoms with Gasteiger partial charge in [-0.1, -0.05) is 0 Å². The molecule has 1 aliphatic rings. The number of ether oxygens (including phenoxy) is 2. The summed E-state index contributed by atoms with van der Waals surface area (Å²) in [5.41, 5.74) is 6.87. The van der Waals surface area contributed by atoms with Crippen LogP contribution >= 0.6 is 0 Å². The van der Waals surface area contributed by atoms with Crippen LogP contribution in [0.5, 0.6) is 5.75 Å². The van der Waals surface area contributed by atoms with Crippen molar-refractivity contribution in [3.63, 3.8) is 0 Å². The Bertz CT molecular complexity index is 426. The SMILES string of the molecule is Cc1cc(OCC2CN(C)CCO2)c(F)cc1N. The second kappa shape index (κ2) is 5.54. The lowest BCUT2D eigenvalue weighted by Gasteiger charge is -2.29. The van der Waals surface area contributed by atoms with Crippen LogP contribution in [0.25, 0.3) is 0 Å². The van der Waals surface area contributed by atoms with E-state index in [9.17, 15) is 4.39 Å². The number of nitrogens with two attached hydrogens (primary N) is 1. The molecule has 1 aromatic carbocycles. The monoisotopic (exact) mass is 254 g/mol. The number of rotatable bonds is 3. The average Bonchev–Trinajstić information content (AvgIpc) is 2.32. The van der Waals surface area contributed by atoms with Gasteiger partial charge in [0, 0.05) is 24.8 Å². The molecule has 1 aliphatic heterocycles. The smallest absolute Gasteiger partial charge is 0.167 e. The lowest BCUT2D eigenvalue weighted by atomic mass is 10.2. The van der Waals surface area contributed by atoms with Crippen LogP contribution in [0.2, 0.25) is 0 Å². The summed E-state index contributed by atoms with van der Waals surface area (Å²) in [6.45, 7) is 4.59. The molecule has 1 fully saturated rings. The fraction of sp³-hybridized carbons (Fsp3) is 0.538. The Morgan fingerprint density at radius 2 is 2.33 bits per heavy atom. The largest absolute Gasteiger partial charge is 0.488 e. The molecule has 4 nitrogen and oxygen atoms in total. The molecule has 0 aliphatic carbocycles. The number of hydrogen-bond donors (Lipinski definition) is 1. The molecule has 0 saturated carbocycles. The number of halogens is 1. The fourth-order valence-electron chi connectivity index (χ4n) is 1.93. The molecule has 18 heavy (non-hydrogen) atoms. The third kappa shape index (κ3) is 3.11. The van der Waals surface area contributed by atoms with Gasteiger partial charge in [-0.05, 0) is 25.6 Å². The maximum absolute atomic E-state index is 13.6. The fourth-order valence-corrected chi connectivity index (χ4v) is 1.93. The van der Waals surface area contributed by atoms with Crippen LogP contribution in [-0.4, -0.2) is 44.4 Å². The van der Waals surface area contributed by atoms with Gasteiger partial charge in [-0.2, -0.15) is 0 Å². The van der Waals surface area contributed by atoms with Crippen molar-refractivity contribution < 1.29 is 13.9 Å². The number of morpholine rings is 1. The molecule has 1 atom stereocenters. The number of benzene rings is 1. The molecule has 5 heteroatoms. The van der Waals surface area contributed by atoms with Crippen LogP contribution in [-0.2, 0) is 4.74 Å². The summed E-state index contributed by atoms with van der Waals surface area (Å²) in [5, 5.41) is 0. The van der Waals surface area contributed by atoms with Crippen molar-refractivity contribution in [3.05, 3.63) is 23.5 Å². The van der Waals surface area contributed by atoms with Crippen molar-refractivity contribution in [3.8, 4) is 5.75 Å². The number of hydrogen-bond acceptors (Lipinski definition) is 4. The van der Waals surface area contributed by atoms with E-state index in [1.54, 1.807) is 6.07 Å². The zero-order chi connectivity index (χ0) is 13.1. The van der Waals surface area contributed by atoms with E-state index < -0.39 is 5.82 Å². The molecule has 100 valence electrons. The van der Waals surface area contributed by atoms with Gasteiger partial charge >= 0.3 is 0 Å². The maximum atomic E-state index is 13.6. The van der Waals surface area contributed by atoms with E-state index in [0.29, 0.717) is 18.9 Å².